The van der Waals surface area contributed by atoms with E-state index in [2.05, 4.69) is 20.8 Å². The Kier molecular flexibility index (Phi) is 6.50. The quantitative estimate of drug-likeness (QED) is 0.624. The van der Waals surface area contributed by atoms with Gasteiger partial charge < -0.3 is 10.1 Å². The number of ether oxygens (including phenoxy) is 1. The topological polar surface area (TPSA) is 92.7 Å². The van der Waals surface area contributed by atoms with Crippen LogP contribution in [0.1, 0.15) is 40.2 Å². The summed E-state index contributed by atoms with van der Waals surface area (Å²) in [5, 5.41) is 7.57. The second kappa shape index (κ2) is 8.62. The number of hydrogen-bond acceptors (Lipinski definition) is 5. The first kappa shape index (κ1) is 20.4. The zero-order valence-corrected chi connectivity index (χ0v) is 16.3. The zero-order valence-electron chi connectivity index (χ0n) is 16.3. The molecular formula is C20H26N4O3. The number of nitrogens with zero attached hydrogens (tertiary/aromatic N) is 2. The van der Waals surface area contributed by atoms with Crippen molar-refractivity contribution in [2.24, 2.45) is 11.0 Å². The fraction of sp³-hybridized carbons (Fsp3) is 0.400. The van der Waals surface area contributed by atoms with Crippen LogP contribution >= 0.6 is 0 Å². The molecule has 2 aromatic rings. The smallest absolute Gasteiger partial charge is 0.408 e. The number of nitrogens with one attached hydrogen (secondary N) is 2. The van der Waals surface area contributed by atoms with Crippen LogP contribution < -0.4 is 10.7 Å². The van der Waals surface area contributed by atoms with E-state index in [-0.39, 0.29) is 5.92 Å². The second-order valence-corrected chi connectivity index (χ2v) is 7.56. The minimum Gasteiger partial charge on any atom is -0.444 e. The average molecular weight is 370 g/mol. The molecule has 0 saturated carbocycles. The molecule has 2 N–H and O–H groups in total. The van der Waals surface area contributed by atoms with Crippen LogP contribution in [0.2, 0.25) is 0 Å². The van der Waals surface area contributed by atoms with Crippen molar-refractivity contribution in [2.75, 3.05) is 0 Å². The summed E-state index contributed by atoms with van der Waals surface area (Å²) in [5.41, 5.74) is 3.56. The molecule has 0 bridgehead atoms. The van der Waals surface area contributed by atoms with E-state index in [0.717, 1.165) is 16.5 Å². The first-order chi connectivity index (χ1) is 12.7. The number of hydrazone groups is 1. The third-order valence-electron chi connectivity index (χ3n) is 3.64. The normalized spacial score (nSPS) is 13.0. The minimum atomic E-state index is -0.752. The molecule has 1 aromatic heterocycles. The molecule has 7 heteroatoms. The average Bonchev–Trinajstić information content (AvgIpc) is 2.57. The third kappa shape index (κ3) is 6.36. The second-order valence-electron chi connectivity index (χ2n) is 7.56. The molecule has 2 rings (SSSR count). The summed E-state index contributed by atoms with van der Waals surface area (Å²) in [4.78, 5) is 28.6. The summed E-state index contributed by atoms with van der Waals surface area (Å²) in [7, 11) is 0. The number of pyridine rings is 1. The van der Waals surface area contributed by atoms with Gasteiger partial charge in [0.25, 0.3) is 5.91 Å². The van der Waals surface area contributed by atoms with Gasteiger partial charge in [0.05, 0.1) is 11.7 Å². The number of alkyl carbamates (subject to hydrolysis) is 1. The number of fused-ring (bicyclic) bond motifs is 1. The van der Waals surface area contributed by atoms with Crippen LogP contribution in [-0.4, -0.2) is 34.8 Å². The first-order valence-electron chi connectivity index (χ1n) is 8.83. The Morgan fingerprint density at radius 3 is 2.63 bits per heavy atom. The van der Waals surface area contributed by atoms with Crippen LogP contribution in [-0.2, 0) is 9.53 Å². The molecule has 1 heterocycles. The zero-order chi connectivity index (χ0) is 20.0. The number of carbonyl (C=O) groups is 2. The number of benzene rings is 1. The van der Waals surface area contributed by atoms with Crippen molar-refractivity contribution in [1.82, 2.24) is 15.7 Å². The van der Waals surface area contributed by atoms with Gasteiger partial charge in [0.1, 0.15) is 11.6 Å². The highest BCUT2D eigenvalue weighted by Crippen LogP contribution is 2.12. The van der Waals surface area contributed by atoms with Gasteiger partial charge >= 0.3 is 6.09 Å². The van der Waals surface area contributed by atoms with Gasteiger partial charge in [-0.2, -0.15) is 5.10 Å². The summed E-state index contributed by atoms with van der Waals surface area (Å²) in [6, 6.07) is 8.75. The highest BCUT2D eigenvalue weighted by molar-refractivity contribution is 5.90. The van der Waals surface area contributed by atoms with Crippen molar-refractivity contribution in [3.63, 3.8) is 0 Å². The van der Waals surface area contributed by atoms with Gasteiger partial charge in [-0.15, -0.1) is 0 Å². The highest BCUT2D eigenvalue weighted by atomic mass is 16.6. The predicted molar refractivity (Wildman–Crippen MR) is 105 cm³/mol. The molecule has 2 amide bonds. The van der Waals surface area contributed by atoms with E-state index < -0.39 is 23.6 Å². The monoisotopic (exact) mass is 370 g/mol. The Labute approximate surface area is 159 Å². The lowest BCUT2D eigenvalue weighted by Gasteiger charge is -2.24. The Morgan fingerprint density at radius 2 is 1.96 bits per heavy atom. The van der Waals surface area contributed by atoms with Crippen LogP contribution in [0, 0.1) is 5.92 Å². The molecule has 0 aliphatic carbocycles. The van der Waals surface area contributed by atoms with Crippen LogP contribution in [0.25, 0.3) is 10.9 Å². The maximum atomic E-state index is 12.4. The van der Waals surface area contributed by atoms with E-state index in [0.29, 0.717) is 0 Å². The highest BCUT2D eigenvalue weighted by Gasteiger charge is 2.26. The van der Waals surface area contributed by atoms with Crippen molar-refractivity contribution in [3.8, 4) is 0 Å². The van der Waals surface area contributed by atoms with E-state index >= 15 is 0 Å². The lowest BCUT2D eigenvalue weighted by atomic mass is 10.0. The van der Waals surface area contributed by atoms with Gasteiger partial charge in [-0.1, -0.05) is 26.0 Å². The Bertz CT molecular complexity index is 840. The summed E-state index contributed by atoms with van der Waals surface area (Å²) in [5.74, 6) is -0.533. The van der Waals surface area contributed by atoms with E-state index in [1.165, 1.54) is 0 Å². The SMILES string of the molecule is CC(C)[C@@H](NC(=O)OC(C)(C)C)C(=O)N/N=C/c1ccc2ncccc2c1. The summed E-state index contributed by atoms with van der Waals surface area (Å²) >= 11 is 0. The van der Waals surface area contributed by atoms with Crippen LogP contribution in [0.5, 0.6) is 0 Å². The van der Waals surface area contributed by atoms with Gasteiger partial charge in [-0.3, -0.25) is 9.78 Å². The Balaban J connectivity index is 1.99. The van der Waals surface area contributed by atoms with Gasteiger partial charge in [0, 0.05) is 11.6 Å². The molecule has 0 aliphatic rings. The Hall–Kier alpha value is -2.96. The van der Waals surface area contributed by atoms with E-state index in [9.17, 15) is 9.59 Å². The molecule has 0 unspecified atom stereocenters. The maximum absolute atomic E-state index is 12.4. The summed E-state index contributed by atoms with van der Waals surface area (Å²) in [6.45, 7) is 8.96. The number of rotatable bonds is 5. The van der Waals surface area contributed by atoms with E-state index in [1.807, 2.05) is 44.2 Å². The first-order valence-corrected chi connectivity index (χ1v) is 8.83. The van der Waals surface area contributed by atoms with Gasteiger partial charge in [0.15, 0.2) is 0 Å². The molecule has 0 spiro atoms. The van der Waals surface area contributed by atoms with Crippen molar-refractivity contribution in [3.05, 3.63) is 42.1 Å². The van der Waals surface area contributed by atoms with Gasteiger partial charge in [0.2, 0.25) is 0 Å². The largest absolute Gasteiger partial charge is 0.444 e. The molecule has 144 valence electrons. The Morgan fingerprint density at radius 1 is 1.22 bits per heavy atom. The van der Waals surface area contributed by atoms with Gasteiger partial charge in [-0.05, 0) is 50.5 Å². The van der Waals surface area contributed by atoms with Crippen molar-refractivity contribution < 1.29 is 14.3 Å². The molecule has 27 heavy (non-hydrogen) atoms. The summed E-state index contributed by atoms with van der Waals surface area (Å²) in [6.07, 6.45) is 2.65. The lowest BCUT2D eigenvalue weighted by Crippen LogP contribution is -2.49. The van der Waals surface area contributed by atoms with Crippen LogP contribution in [0.3, 0.4) is 0 Å². The van der Waals surface area contributed by atoms with Crippen molar-refractivity contribution in [1.29, 1.82) is 0 Å². The molecular weight excluding hydrogens is 344 g/mol. The molecule has 0 fully saturated rings. The van der Waals surface area contributed by atoms with Gasteiger partial charge in [-0.25, -0.2) is 10.2 Å². The van der Waals surface area contributed by atoms with E-state index in [1.54, 1.807) is 33.2 Å². The fourth-order valence-corrected chi connectivity index (χ4v) is 2.38. The minimum absolute atomic E-state index is 0.125. The maximum Gasteiger partial charge on any atom is 0.408 e. The molecule has 0 aliphatic heterocycles. The predicted octanol–water partition coefficient (Wildman–Crippen LogP) is 3.23. The molecule has 1 atom stereocenters. The van der Waals surface area contributed by atoms with Crippen LogP contribution in [0.15, 0.2) is 41.6 Å². The van der Waals surface area contributed by atoms with Crippen molar-refractivity contribution in [2.45, 2.75) is 46.3 Å². The standard InChI is InChI=1S/C20H26N4O3/c1-13(2)17(23-19(26)27-20(3,4)5)18(25)24-22-12-14-8-9-16-15(11-14)7-6-10-21-16/h6-13,17H,1-5H3,(H,23,26)(H,24,25)/b22-12+/t17-/m1/s1. The number of aromatic nitrogens is 1. The molecule has 1 aromatic carbocycles. The van der Waals surface area contributed by atoms with Crippen LogP contribution in [0.4, 0.5) is 4.79 Å². The lowest BCUT2D eigenvalue weighted by molar-refractivity contribution is -0.124. The molecule has 0 saturated heterocycles. The van der Waals surface area contributed by atoms with Crippen molar-refractivity contribution >= 4 is 29.1 Å². The third-order valence-corrected chi connectivity index (χ3v) is 3.64. The summed E-state index contributed by atoms with van der Waals surface area (Å²) < 4.78 is 5.21. The van der Waals surface area contributed by atoms with E-state index in [4.69, 9.17) is 4.74 Å². The number of carbonyl (C=O) groups excluding carboxylic acids is 2. The molecule has 0 radical (unpaired) electrons. The number of hydrogen-bond donors (Lipinski definition) is 2. The fourth-order valence-electron chi connectivity index (χ4n) is 2.38. The molecule has 7 nitrogen and oxygen atoms in total. The number of amides is 2.